The summed E-state index contributed by atoms with van der Waals surface area (Å²) < 4.78 is 4.32. The normalized spacial score (nSPS) is 22.8. The predicted octanol–water partition coefficient (Wildman–Crippen LogP) is 1.44. The standard InChI is InChI=1S/C18H26ClN3O2.C5H7NO4/c1-11-6-5-9-22(11)17(24)15(18(2,3)4)21-16(23)12-7-8-14(20)13(19)10-12;7-2-6-3-1-4(8)10-5(3)9/h7-8,10-11,15H,5-6,9,20H2,1-4H3,(H,21,23);2-3,5,9H,1H2,(H,6,7). The predicted molar refractivity (Wildman–Crippen MR) is 127 cm³/mol. The van der Waals surface area contributed by atoms with Crippen LogP contribution in [0.3, 0.4) is 0 Å². The Kier molecular flexibility index (Phi) is 9.29. The number of nitrogens with two attached hydrogens (primary N) is 1. The average molecular weight is 497 g/mol. The molecule has 2 aliphatic rings. The zero-order chi connectivity index (χ0) is 25.6. The summed E-state index contributed by atoms with van der Waals surface area (Å²) in [5.74, 6) is -0.841. The number of hydrogen-bond acceptors (Lipinski definition) is 7. The van der Waals surface area contributed by atoms with E-state index < -0.39 is 29.8 Å². The number of anilines is 1. The third-order valence-electron chi connectivity index (χ3n) is 5.75. The molecular weight excluding hydrogens is 464 g/mol. The molecule has 0 bridgehead atoms. The second kappa shape index (κ2) is 11.5. The van der Waals surface area contributed by atoms with Gasteiger partial charge in [0, 0.05) is 18.2 Å². The third-order valence-corrected chi connectivity index (χ3v) is 6.08. The molecule has 11 heteroatoms. The lowest BCUT2D eigenvalue weighted by molar-refractivity contribution is -0.155. The van der Waals surface area contributed by atoms with Crippen molar-refractivity contribution in [1.82, 2.24) is 15.5 Å². The Bertz CT molecular complexity index is 919. The number of carbonyl (C=O) groups excluding carboxylic acids is 4. The number of aliphatic hydroxyl groups excluding tert-OH is 1. The number of hydrogen-bond donors (Lipinski definition) is 4. The first-order valence-electron chi connectivity index (χ1n) is 11.1. The van der Waals surface area contributed by atoms with Gasteiger partial charge in [0.05, 0.1) is 17.1 Å². The van der Waals surface area contributed by atoms with Crippen LogP contribution >= 0.6 is 11.6 Å². The fraction of sp³-hybridized carbons (Fsp3) is 0.565. The summed E-state index contributed by atoms with van der Waals surface area (Å²) in [5, 5.41) is 14.3. The van der Waals surface area contributed by atoms with E-state index in [4.69, 9.17) is 22.4 Å². The number of amides is 3. The number of aliphatic hydroxyl groups is 1. The van der Waals surface area contributed by atoms with Gasteiger partial charge in [-0.25, -0.2) is 0 Å². The zero-order valence-corrected chi connectivity index (χ0v) is 20.6. The lowest BCUT2D eigenvalue weighted by Gasteiger charge is -2.35. The maximum atomic E-state index is 13.0. The molecule has 4 unspecified atom stereocenters. The Balaban J connectivity index is 0.000000340. The van der Waals surface area contributed by atoms with Crippen molar-refractivity contribution >= 4 is 41.5 Å². The van der Waals surface area contributed by atoms with Gasteiger partial charge in [0.1, 0.15) is 12.1 Å². The highest BCUT2D eigenvalue weighted by atomic mass is 35.5. The van der Waals surface area contributed by atoms with Crippen LogP contribution in [0, 0.1) is 5.41 Å². The quantitative estimate of drug-likeness (QED) is 0.273. The fourth-order valence-electron chi connectivity index (χ4n) is 3.73. The Hall–Kier alpha value is -2.85. The molecule has 3 amide bonds. The van der Waals surface area contributed by atoms with Gasteiger partial charge in [-0.2, -0.15) is 0 Å². The summed E-state index contributed by atoms with van der Waals surface area (Å²) in [6, 6.07) is 3.76. The summed E-state index contributed by atoms with van der Waals surface area (Å²) in [5.41, 5.74) is 6.10. The lowest BCUT2D eigenvalue weighted by Crippen LogP contribution is -2.55. The number of esters is 1. The number of nitrogen functional groups attached to an aromatic ring is 1. The first-order valence-corrected chi connectivity index (χ1v) is 11.5. The zero-order valence-electron chi connectivity index (χ0n) is 19.8. The van der Waals surface area contributed by atoms with Gasteiger partial charge in [-0.15, -0.1) is 0 Å². The van der Waals surface area contributed by atoms with Crippen molar-refractivity contribution in [1.29, 1.82) is 0 Å². The van der Waals surface area contributed by atoms with E-state index in [1.807, 2.05) is 32.6 Å². The molecule has 4 atom stereocenters. The maximum Gasteiger partial charge on any atom is 0.310 e. The molecular formula is C23H33ClN4O6. The van der Waals surface area contributed by atoms with Crippen LogP contribution in [-0.4, -0.2) is 65.2 Å². The number of nitrogens with one attached hydrogen (secondary N) is 2. The minimum atomic E-state index is -1.18. The molecule has 0 aromatic heterocycles. The number of benzene rings is 1. The van der Waals surface area contributed by atoms with Gasteiger partial charge in [-0.05, 0) is 43.4 Å². The van der Waals surface area contributed by atoms with Gasteiger partial charge in [0.25, 0.3) is 5.91 Å². The molecule has 2 saturated heterocycles. The molecule has 34 heavy (non-hydrogen) atoms. The maximum absolute atomic E-state index is 13.0. The fourth-order valence-corrected chi connectivity index (χ4v) is 3.91. The van der Waals surface area contributed by atoms with E-state index in [1.54, 1.807) is 12.1 Å². The van der Waals surface area contributed by atoms with E-state index in [1.165, 1.54) is 6.07 Å². The van der Waals surface area contributed by atoms with E-state index in [2.05, 4.69) is 15.4 Å². The molecule has 2 heterocycles. The largest absolute Gasteiger partial charge is 0.434 e. The van der Waals surface area contributed by atoms with Crippen molar-refractivity contribution in [3.05, 3.63) is 28.8 Å². The molecule has 2 fully saturated rings. The highest BCUT2D eigenvalue weighted by Crippen LogP contribution is 2.26. The van der Waals surface area contributed by atoms with Crippen molar-refractivity contribution < 1.29 is 29.0 Å². The SMILES string of the molecule is CC1CCCN1C(=O)C(NC(=O)c1ccc(N)c(Cl)c1)C(C)(C)C.O=CNC1CC(=O)OC1O. The number of rotatable bonds is 5. The Morgan fingerprint density at radius 2 is 2.03 bits per heavy atom. The molecule has 0 aliphatic carbocycles. The number of nitrogens with zero attached hydrogens (tertiary/aromatic N) is 1. The molecule has 0 spiro atoms. The smallest absolute Gasteiger partial charge is 0.310 e. The first kappa shape index (κ1) is 27.4. The highest BCUT2D eigenvalue weighted by molar-refractivity contribution is 6.33. The number of carbonyl (C=O) groups is 4. The van der Waals surface area contributed by atoms with E-state index in [0.29, 0.717) is 22.7 Å². The molecule has 188 valence electrons. The number of cyclic esters (lactones) is 1. The summed E-state index contributed by atoms with van der Waals surface area (Å²) in [6.07, 6.45) is 1.29. The molecule has 3 rings (SSSR count). The van der Waals surface area contributed by atoms with Gasteiger partial charge >= 0.3 is 5.97 Å². The third kappa shape index (κ3) is 7.07. The lowest BCUT2D eigenvalue weighted by atomic mass is 9.85. The Morgan fingerprint density at radius 3 is 2.50 bits per heavy atom. The second-order valence-corrected chi connectivity index (χ2v) is 9.91. The monoisotopic (exact) mass is 496 g/mol. The number of halogens is 1. The number of ether oxygens (including phenoxy) is 1. The number of likely N-dealkylation sites (tertiary alicyclic amines) is 1. The van der Waals surface area contributed by atoms with Crippen LogP contribution in [0.25, 0.3) is 0 Å². The summed E-state index contributed by atoms with van der Waals surface area (Å²) >= 11 is 5.99. The van der Waals surface area contributed by atoms with E-state index in [9.17, 15) is 19.2 Å². The summed E-state index contributed by atoms with van der Waals surface area (Å²) in [6.45, 7) is 8.65. The van der Waals surface area contributed by atoms with E-state index in [0.717, 1.165) is 19.4 Å². The van der Waals surface area contributed by atoms with Gasteiger partial charge in [0.2, 0.25) is 18.6 Å². The minimum Gasteiger partial charge on any atom is -0.434 e. The summed E-state index contributed by atoms with van der Waals surface area (Å²) in [7, 11) is 0. The van der Waals surface area contributed by atoms with Crippen LogP contribution < -0.4 is 16.4 Å². The van der Waals surface area contributed by atoms with Crippen LogP contribution in [0.2, 0.25) is 5.02 Å². The Morgan fingerprint density at radius 1 is 1.35 bits per heavy atom. The summed E-state index contributed by atoms with van der Waals surface area (Å²) in [4.78, 5) is 47.6. The topological polar surface area (TPSA) is 151 Å². The highest BCUT2D eigenvalue weighted by Gasteiger charge is 2.38. The van der Waals surface area contributed by atoms with Crippen LogP contribution in [-0.2, 0) is 19.1 Å². The van der Waals surface area contributed by atoms with Gasteiger partial charge in [-0.1, -0.05) is 32.4 Å². The minimum absolute atomic E-state index is 0.0256. The van der Waals surface area contributed by atoms with Crippen molar-refractivity contribution in [2.45, 2.75) is 71.4 Å². The van der Waals surface area contributed by atoms with Crippen LogP contribution in [0.1, 0.15) is 57.3 Å². The van der Waals surface area contributed by atoms with Gasteiger partial charge in [0.15, 0.2) is 0 Å². The molecule has 2 aliphatic heterocycles. The molecule has 1 aromatic rings. The van der Waals surface area contributed by atoms with Crippen LogP contribution in [0.15, 0.2) is 18.2 Å². The van der Waals surface area contributed by atoms with Crippen molar-refractivity contribution in [2.75, 3.05) is 12.3 Å². The average Bonchev–Trinajstić information content (AvgIpc) is 3.31. The van der Waals surface area contributed by atoms with E-state index >= 15 is 0 Å². The molecule has 0 saturated carbocycles. The van der Waals surface area contributed by atoms with Crippen molar-refractivity contribution in [2.24, 2.45) is 5.41 Å². The second-order valence-electron chi connectivity index (χ2n) is 9.51. The van der Waals surface area contributed by atoms with Gasteiger partial charge in [-0.3, -0.25) is 19.2 Å². The first-order chi connectivity index (χ1) is 15.8. The molecule has 0 radical (unpaired) electrons. The van der Waals surface area contributed by atoms with Crippen LogP contribution in [0.5, 0.6) is 0 Å². The van der Waals surface area contributed by atoms with Gasteiger partial charge < -0.3 is 31.1 Å². The van der Waals surface area contributed by atoms with Crippen LogP contribution in [0.4, 0.5) is 5.69 Å². The van der Waals surface area contributed by atoms with E-state index in [-0.39, 0.29) is 24.3 Å². The Labute approximate surface area is 204 Å². The molecule has 5 N–H and O–H groups in total. The van der Waals surface area contributed by atoms with Crippen molar-refractivity contribution in [3.8, 4) is 0 Å². The molecule has 10 nitrogen and oxygen atoms in total. The van der Waals surface area contributed by atoms with Crippen molar-refractivity contribution in [3.63, 3.8) is 0 Å². The molecule has 1 aromatic carbocycles.